The number of hydrogen-bond donors (Lipinski definition) is 2. The summed E-state index contributed by atoms with van der Waals surface area (Å²) in [4.78, 5) is 0. The Hall–Kier alpha value is -2.22. The predicted octanol–water partition coefficient (Wildman–Crippen LogP) is 4.76. The van der Waals surface area contributed by atoms with Crippen molar-refractivity contribution in [2.75, 3.05) is 0 Å². The number of allylic oxidation sites excluding steroid dienone is 2. The van der Waals surface area contributed by atoms with E-state index in [1.807, 2.05) is 24.3 Å². The summed E-state index contributed by atoms with van der Waals surface area (Å²) in [5, 5.41) is 19.5. The maximum Gasteiger partial charge on any atom is 0.115 e. The van der Waals surface area contributed by atoms with Gasteiger partial charge >= 0.3 is 0 Å². The molecular weight excluding hydrogens is 296 g/mol. The van der Waals surface area contributed by atoms with Gasteiger partial charge in [-0.25, -0.2) is 0 Å². The maximum atomic E-state index is 9.75. The lowest BCUT2D eigenvalue weighted by Gasteiger charge is -2.57. The van der Waals surface area contributed by atoms with Crippen LogP contribution < -0.4 is 0 Å². The minimum absolute atomic E-state index is 0.0885. The van der Waals surface area contributed by atoms with Crippen LogP contribution in [0.5, 0.6) is 11.5 Å². The summed E-state index contributed by atoms with van der Waals surface area (Å²) < 4.78 is 0. The number of hydrogen-bond acceptors (Lipinski definition) is 2. The first kappa shape index (κ1) is 14.2. The van der Waals surface area contributed by atoms with E-state index in [1.165, 1.54) is 36.8 Å². The van der Waals surface area contributed by atoms with Crippen LogP contribution in [0.1, 0.15) is 36.8 Å². The zero-order chi connectivity index (χ0) is 16.3. The summed E-state index contributed by atoms with van der Waals surface area (Å²) in [7, 11) is 0. The Kier molecular flexibility index (Phi) is 2.88. The van der Waals surface area contributed by atoms with Crippen LogP contribution in [-0.2, 0) is 5.41 Å². The molecule has 4 bridgehead atoms. The second-order valence-corrected chi connectivity index (χ2v) is 7.83. The lowest BCUT2D eigenvalue weighted by Crippen LogP contribution is -2.50. The highest BCUT2D eigenvalue weighted by molar-refractivity contribution is 5.54. The van der Waals surface area contributed by atoms with Crippen molar-refractivity contribution in [3.8, 4) is 11.5 Å². The van der Waals surface area contributed by atoms with Crippen LogP contribution in [0, 0.1) is 17.8 Å². The Morgan fingerprint density at radius 1 is 0.750 bits per heavy atom. The topological polar surface area (TPSA) is 40.5 Å². The molecule has 4 aliphatic carbocycles. The van der Waals surface area contributed by atoms with E-state index in [2.05, 4.69) is 30.3 Å². The van der Waals surface area contributed by atoms with Gasteiger partial charge in [0.05, 0.1) is 0 Å². The van der Waals surface area contributed by atoms with Gasteiger partial charge in [0.15, 0.2) is 0 Å². The van der Waals surface area contributed by atoms with E-state index in [0.29, 0.717) is 17.4 Å². The molecule has 0 saturated heterocycles. The average Bonchev–Trinajstić information content (AvgIpc) is 2.57. The smallest absolute Gasteiger partial charge is 0.115 e. The van der Waals surface area contributed by atoms with Gasteiger partial charge in [-0.05, 0) is 78.8 Å². The van der Waals surface area contributed by atoms with Crippen molar-refractivity contribution in [3.05, 3.63) is 71.3 Å². The number of rotatable bonds is 2. The van der Waals surface area contributed by atoms with E-state index in [9.17, 15) is 10.2 Å². The van der Waals surface area contributed by atoms with E-state index in [0.717, 1.165) is 11.8 Å². The number of phenols is 2. The van der Waals surface area contributed by atoms with E-state index in [1.54, 1.807) is 5.57 Å². The molecule has 4 aliphatic rings. The lowest BCUT2D eigenvalue weighted by atomic mass is 9.46. The molecular formula is C22H22O2. The highest BCUT2D eigenvalue weighted by atomic mass is 16.3. The molecule has 2 heteroatoms. The van der Waals surface area contributed by atoms with Gasteiger partial charge in [-0.1, -0.05) is 35.9 Å². The lowest BCUT2D eigenvalue weighted by molar-refractivity contribution is 0.111. The van der Waals surface area contributed by atoms with Crippen molar-refractivity contribution in [2.45, 2.75) is 31.1 Å². The molecule has 122 valence electrons. The molecule has 3 atom stereocenters. The highest BCUT2D eigenvalue weighted by Gasteiger charge is 2.54. The molecule has 2 fully saturated rings. The predicted molar refractivity (Wildman–Crippen MR) is 94.0 cm³/mol. The normalized spacial score (nSPS) is 29.5. The molecule has 2 aromatic carbocycles. The molecule has 2 N–H and O–H groups in total. The van der Waals surface area contributed by atoms with Gasteiger partial charge in [0.25, 0.3) is 0 Å². The largest absolute Gasteiger partial charge is 0.508 e. The van der Waals surface area contributed by atoms with Crippen LogP contribution in [0.3, 0.4) is 0 Å². The van der Waals surface area contributed by atoms with Crippen LogP contribution in [0.15, 0.2) is 60.2 Å². The molecule has 0 aliphatic heterocycles. The van der Waals surface area contributed by atoms with E-state index in [4.69, 9.17) is 0 Å². The van der Waals surface area contributed by atoms with Crippen molar-refractivity contribution in [2.24, 2.45) is 17.8 Å². The Bertz CT molecular complexity index is 755. The van der Waals surface area contributed by atoms with E-state index in [-0.39, 0.29) is 5.41 Å². The summed E-state index contributed by atoms with van der Waals surface area (Å²) in [5.41, 5.74) is 4.03. The minimum Gasteiger partial charge on any atom is -0.508 e. The number of aromatic hydroxyl groups is 2. The molecule has 0 amide bonds. The first-order valence-corrected chi connectivity index (χ1v) is 8.96. The van der Waals surface area contributed by atoms with Gasteiger partial charge in [-0.2, -0.15) is 0 Å². The molecule has 0 spiro atoms. The zero-order valence-corrected chi connectivity index (χ0v) is 13.7. The molecule has 0 aromatic heterocycles. The molecule has 24 heavy (non-hydrogen) atoms. The molecule has 3 unspecified atom stereocenters. The van der Waals surface area contributed by atoms with Crippen LogP contribution >= 0.6 is 0 Å². The molecule has 6 rings (SSSR count). The summed E-state index contributed by atoms with van der Waals surface area (Å²) in [6.45, 7) is 0. The van der Waals surface area contributed by atoms with Crippen molar-refractivity contribution in [3.63, 3.8) is 0 Å². The van der Waals surface area contributed by atoms with Gasteiger partial charge < -0.3 is 10.2 Å². The number of benzene rings is 2. The van der Waals surface area contributed by atoms with Crippen LogP contribution in [0.4, 0.5) is 0 Å². The van der Waals surface area contributed by atoms with Gasteiger partial charge in [0, 0.05) is 5.41 Å². The molecule has 2 saturated carbocycles. The molecule has 2 nitrogen and oxygen atoms in total. The highest BCUT2D eigenvalue weighted by Crippen LogP contribution is 2.62. The Balaban J connectivity index is 1.77. The van der Waals surface area contributed by atoms with E-state index >= 15 is 0 Å². The third kappa shape index (κ3) is 1.83. The van der Waals surface area contributed by atoms with Crippen molar-refractivity contribution >= 4 is 0 Å². The van der Waals surface area contributed by atoms with Crippen LogP contribution in [0.25, 0.3) is 0 Å². The Morgan fingerprint density at radius 2 is 1.33 bits per heavy atom. The van der Waals surface area contributed by atoms with E-state index < -0.39 is 0 Å². The van der Waals surface area contributed by atoms with Crippen LogP contribution in [0.2, 0.25) is 0 Å². The summed E-state index contributed by atoms with van der Waals surface area (Å²) >= 11 is 0. The van der Waals surface area contributed by atoms with Crippen molar-refractivity contribution in [1.82, 2.24) is 0 Å². The molecule has 2 aromatic rings. The third-order valence-corrected chi connectivity index (χ3v) is 6.55. The summed E-state index contributed by atoms with van der Waals surface area (Å²) in [6, 6.07) is 15.6. The Morgan fingerprint density at radius 3 is 1.83 bits per heavy atom. The maximum absolute atomic E-state index is 9.75. The minimum atomic E-state index is -0.0885. The number of phenolic OH excluding ortho intramolecular Hbond substituents is 2. The fraction of sp³-hybridized carbons (Fsp3) is 0.364. The fourth-order valence-electron chi connectivity index (χ4n) is 5.82. The van der Waals surface area contributed by atoms with Gasteiger partial charge in [-0.3, -0.25) is 0 Å². The first-order chi connectivity index (χ1) is 11.7. The third-order valence-electron chi connectivity index (χ3n) is 6.55. The quantitative estimate of drug-likeness (QED) is 0.784. The second-order valence-electron chi connectivity index (χ2n) is 7.83. The Labute approximate surface area is 142 Å². The average molecular weight is 318 g/mol. The SMILES string of the molecule is Oc1ccc(C2(c3ccc(O)cc3)C3=CC4CC(C3)CC2C4)cc1. The van der Waals surface area contributed by atoms with Crippen molar-refractivity contribution < 1.29 is 10.2 Å². The first-order valence-electron chi connectivity index (χ1n) is 8.96. The summed E-state index contributed by atoms with van der Waals surface area (Å²) in [6.07, 6.45) is 7.62. The zero-order valence-electron chi connectivity index (χ0n) is 13.7. The monoisotopic (exact) mass is 318 g/mol. The van der Waals surface area contributed by atoms with Gasteiger partial charge in [0.2, 0.25) is 0 Å². The summed E-state index contributed by atoms with van der Waals surface area (Å²) in [5.74, 6) is 2.84. The van der Waals surface area contributed by atoms with Gasteiger partial charge in [-0.15, -0.1) is 0 Å². The van der Waals surface area contributed by atoms with Crippen molar-refractivity contribution in [1.29, 1.82) is 0 Å². The standard InChI is InChI=1S/C22H22O2/c23-20-5-1-16(2-6-20)22(17-3-7-21(24)8-4-17)18-10-14-9-15(12-18)13-19(22)11-14/h1-8,10,14-15,19,23-24H,9,11-13H2. The van der Waals surface area contributed by atoms with Gasteiger partial charge in [0.1, 0.15) is 11.5 Å². The molecule has 0 heterocycles. The van der Waals surface area contributed by atoms with Crippen LogP contribution in [-0.4, -0.2) is 10.2 Å². The fourth-order valence-corrected chi connectivity index (χ4v) is 5.82. The molecule has 0 radical (unpaired) electrons. The second kappa shape index (κ2) is 4.89.